The van der Waals surface area contributed by atoms with E-state index in [0.717, 1.165) is 22.2 Å². The third-order valence-corrected chi connectivity index (χ3v) is 5.34. The van der Waals surface area contributed by atoms with Gasteiger partial charge in [0, 0.05) is 49.2 Å². The number of carbonyl (C=O) groups is 2. The molecule has 3 N–H and O–H groups in total. The molecule has 0 unspecified atom stereocenters. The van der Waals surface area contributed by atoms with Crippen LogP contribution in [-0.2, 0) is 11.2 Å². The van der Waals surface area contributed by atoms with Gasteiger partial charge in [-0.05, 0) is 30.2 Å². The van der Waals surface area contributed by atoms with Gasteiger partial charge < -0.3 is 20.5 Å². The lowest BCUT2D eigenvalue weighted by atomic mass is 10.1. The van der Waals surface area contributed by atoms with Crippen molar-refractivity contribution in [3.63, 3.8) is 0 Å². The molecule has 0 aliphatic carbocycles. The predicted molar refractivity (Wildman–Crippen MR) is 117 cm³/mol. The number of nitrogen functional groups attached to an aromatic ring is 1. The normalized spacial score (nSPS) is 13.9. The van der Waals surface area contributed by atoms with Crippen molar-refractivity contribution in [2.45, 2.75) is 12.8 Å². The van der Waals surface area contributed by atoms with Gasteiger partial charge in [0.25, 0.3) is 5.91 Å². The van der Waals surface area contributed by atoms with E-state index < -0.39 is 0 Å². The van der Waals surface area contributed by atoms with Crippen LogP contribution in [0.15, 0.2) is 54.6 Å². The summed E-state index contributed by atoms with van der Waals surface area (Å²) >= 11 is 0. The number of nitrogens with one attached hydrogen (secondary N) is 1. The van der Waals surface area contributed by atoms with E-state index in [4.69, 9.17) is 5.73 Å². The van der Waals surface area contributed by atoms with Gasteiger partial charge in [0.1, 0.15) is 5.69 Å². The fourth-order valence-corrected chi connectivity index (χ4v) is 3.68. The lowest BCUT2D eigenvalue weighted by Crippen LogP contribution is -2.50. The zero-order valence-corrected chi connectivity index (χ0v) is 17.0. The molecule has 1 aliphatic heterocycles. The topological polar surface area (TPSA) is 82.4 Å². The fraction of sp³-hybridized carbons (Fsp3) is 0.273. The van der Waals surface area contributed by atoms with Gasteiger partial charge in [0.05, 0.1) is 0 Å². The Morgan fingerprint density at radius 2 is 1.59 bits per heavy atom. The maximum atomic E-state index is 12.8. The lowest BCUT2D eigenvalue weighted by Gasteiger charge is -2.34. The maximum absolute atomic E-state index is 12.8. The molecule has 0 atom stereocenters. The molecule has 2 amide bonds. The largest absolute Gasteiger partial charge is 0.399 e. The van der Waals surface area contributed by atoms with Gasteiger partial charge >= 0.3 is 0 Å². The Kier molecular flexibility index (Phi) is 6.44. The van der Waals surface area contributed by atoms with E-state index in [9.17, 15) is 9.59 Å². The second-order valence-electron chi connectivity index (χ2n) is 7.14. The predicted octanol–water partition coefficient (Wildman–Crippen LogP) is 3.09. The van der Waals surface area contributed by atoms with Gasteiger partial charge in [-0.3, -0.25) is 9.59 Å². The minimum Gasteiger partial charge on any atom is -0.399 e. The minimum atomic E-state index is -0.0136. The number of fused-ring (bicyclic) bond motifs is 1. The molecule has 1 fully saturated rings. The van der Waals surface area contributed by atoms with Crippen LogP contribution in [-0.4, -0.2) is 52.8 Å². The van der Waals surface area contributed by atoms with Crippen LogP contribution in [0.2, 0.25) is 0 Å². The number of hydrogen-bond acceptors (Lipinski definition) is 3. The summed E-state index contributed by atoms with van der Waals surface area (Å²) in [4.78, 5) is 32.1. The van der Waals surface area contributed by atoms with Crippen molar-refractivity contribution in [1.82, 2.24) is 14.8 Å². The molecule has 1 aromatic heterocycles. The van der Waals surface area contributed by atoms with E-state index in [2.05, 4.69) is 4.98 Å². The average Bonchev–Trinajstić information content (AvgIpc) is 3.17. The second kappa shape index (κ2) is 9.01. The summed E-state index contributed by atoms with van der Waals surface area (Å²) < 4.78 is 0. The molecule has 6 nitrogen and oxygen atoms in total. The number of hydrogen-bond donors (Lipinski definition) is 2. The van der Waals surface area contributed by atoms with E-state index in [-0.39, 0.29) is 24.2 Å². The average molecular weight is 413 g/mol. The first kappa shape index (κ1) is 20.7. The summed E-state index contributed by atoms with van der Waals surface area (Å²) in [6, 6.07) is 17.4. The number of aryl methyl sites for hydroxylation is 1. The number of anilines is 1. The summed E-state index contributed by atoms with van der Waals surface area (Å²) in [7, 11) is 0. The molecule has 1 saturated heterocycles. The molecule has 7 heteroatoms. The number of halogens is 1. The van der Waals surface area contributed by atoms with Gasteiger partial charge in [-0.2, -0.15) is 0 Å². The first-order valence-electron chi connectivity index (χ1n) is 9.60. The van der Waals surface area contributed by atoms with Crippen LogP contribution in [0.3, 0.4) is 0 Å². The highest BCUT2D eigenvalue weighted by molar-refractivity contribution is 5.98. The molecule has 2 aromatic carbocycles. The van der Waals surface area contributed by atoms with Crippen LogP contribution in [0.5, 0.6) is 0 Å². The molecule has 0 saturated carbocycles. The van der Waals surface area contributed by atoms with Crippen molar-refractivity contribution in [2.75, 3.05) is 31.9 Å². The van der Waals surface area contributed by atoms with Crippen LogP contribution in [0.4, 0.5) is 5.69 Å². The number of amides is 2. The van der Waals surface area contributed by atoms with Crippen molar-refractivity contribution in [1.29, 1.82) is 0 Å². The highest BCUT2D eigenvalue weighted by Crippen LogP contribution is 2.18. The molecule has 4 rings (SSSR count). The number of para-hydroxylation sites is 2. The summed E-state index contributed by atoms with van der Waals surface area (Å²) in [5.41, 5.74) is 9.23. The first-order valence-corrected chi connectivity index (χ1v) is 9.60. The zero-order chi connectivity index (χ0) is 19.5. The Morgan fingerprint density at radius 3 is 2.31 bits per heavy atom. The molecule has 152 valence electrons. The number of benzene rings is 2. The van der Waals surface area contributed by atoms with Crippen LogP contribution >= 0.6 is 12.4 Å². The highest BCUT2D eigenvalue weighted by atomic mass is 35.5. The Morgan fingerprint density at radius 1 is 0.931 bits per heavy atom. The molecule has 0 radical (unpaired) electrons. The Labute approximate surface area is 176 Å². The number of rotatable bonds is 4. The summed E-state index contributed by atoms with van der Waals surface area (Å²) in [6.07, 6.45) is 1.07. The van der Waals surface area contributed by atoms with Gasteiger partial charge in [-0.1, -0.05) is 36.4 Å². The summed E-state index contributed by atoms with van der Waals surface area (Å²) in [6.45, 7) is 2.23. The molecule has 1 aliphatic rings. The van der Waals surface area contributed by atoms with Crippen molar-refractivity contribution in [3.05, 3.63) is 65.9 Å². The number of aromatic amines is 1. The molecule has 2 heterocycles. The molecule has 29 heavy (non-hydrogen) atoms. The number of aromatic nitrogens is 1. The molecular weight excluding hydrogens is 388 g/mol. The number of H-pyrrole nitrogens is 1. The van der Waals surface area contributed by atoms with Gasteiger partial charge in [0.2, 0.25) is 5.91 Å². The molecule has 3 aromatic rings. The zero-order valence-electron chi connectivity index (χ0n) is 16.1. The van der Waals surface area contributed by atoms with Crippen LogP contribution in [0, 0.1) is 0 Å². The molecule has 0 spiro atoms. The van der Waals surface area contributed by atoms with E-state index in [1.807, 2.05) is 64.4 Å². The Balaban J connectivity index is 0.00000240. The quantitative estimate of drug-likeness (QED) is 0.646. The summed E-state index contributed by atoms with van der Waals surface area (Å²) in [5, 5.41) is 1.03. The lowest BCUT2D eigenvalue weighted by molar-refractivity contribution is -0.132. The number of nitrogens with zero attached hydrogens (tertiary/aromatic N) is 2. The van der Waals surface area contributed by atoms with Crippen molar-refractivity contribution in [2.24, 2.45) is 0 Å². The van der Waals surface area contributed by atoms with Gasteiger partial charge in [-0.15, -0.1) is 12.4 Å². The van der Waals surface area contributed by atoms with Crippen LogP contribution in [0.25, 0.3) is 10.9 Å². The van der Waals surface area contributed by atoms with E-state index in [1.54, 1.807) is 0 Å². The summed E-state index contributed by atoms with van der Waals surface area (Å²) in [5.74, 6) is 0.0984. The standard InChI is InChI=1S/C22H24N4O2.ClH/c23-18-7-3-1-5-16(18)9-10-21(27)25-11-13-26(14-12-25)22(28)20-15-17-6-2-4-8-19(17)24-20;/h1-8,15,24H,9-14,23H2;1H. The van der Waals surface area contributed by atoms with Crippen molar-refractivity contribution < 1.29 is 9.59 Å². The third-order valence-electron chi connectivity index (χ3n) is 5.34. The number of piperazine rings is 1. The Bertz CT molecular complexity index is 976. The monoisotopic (exact) mass is 412 g/mol. The van der Waals surface area contributed by atoms with Crippen molar-refractivity contribution in [3.8, 4) is 0 Å². The Hall–Kier alpha value is -2.99. The van der Waals surface area contributed by atoms with E-state index in [1.165, 1.54) is 0 Å². The molecular formula is C22H25ClN4O2. The van der Waals surface area contributed by atoms with Crippen molar-refractivity contribution >= 4 is 40.8 Å². The van der Waals surface area contributed by atoms with E-state index >= 15 is 0 Å². The SMILES string of the molecule is Cl.Nc1ccccc1CCC(=O)N1CCN(C(=O)c2cc3ccccc3[nH]2)CC1. The van der Waals surface area contributed by atoms with E-state index in [0.29, 0.717) is 44.7 Å². The van der Waals surface area contributed by atoms with Crippen LogP contribution in [0.1, 0.15) is 22.5 Å². The van der Waals surface area contributed by atoms with Crippen LogP contribution < -0.4 is 5.73 Å². The van der Waals surface area contributed by atoms with Gasteiger partial charge in [0.15, 0.2) is 0 Å². The minimum absolute atomic E-state index is 0. The highest BCUT2D eigenvalue weighted by Gasteiger charge is 2.25. The van der Waals surface area contributed by atoms with Gasteiger partial charge in [-0.25, -0.2) is 0 Å². The molecule has 0 bridgehead atoms. The number of nitrogens with two attached hydrogens (primary N) is 1. The smallest absolute Gasteiger partial charge is 0.270 e. The first-order chi connectivity index (χ1) is 13.6. The fourth-order valence-electron chi connectivity index (χ4n) is 3.68. The number of carbonyl (C=O) groups excluding carboxylic acids is 2. The second-order valence-corrected chi connectivity index (χ2v) is 7.14. The third kappa shape index (κ3) is 4.54. The maximum Gasteiger partial charge on any atom is 0.270 e.